The van der Waals surface area contributed by atoms with E-state index in [4.69, 9.17) is 28.9 Å². The molecule has 0 fully saturated rings. The van der Waals surface area contributed by atoms with Crippen molar-refractivity contribution in [3.8, 4) is 0 Å². The smallest absolute Gasteiger partial charge is 0.227 e. The number of halogens is 3. The van der Waals surface area contributed by atoms with Gasteiger partial charge in [-0.05, 0) is 31.5 Å². The van der Waals surface area contributed by atoms with Crippen LogP contribution in [0.2, 0.25) is 10.0 Å². The minimum atomic E-state index is -0.542. The summed E-state index contributed by atoms with van der Waals surface area (Å²) in [5, 5.41) is 2.77. The number of amides is 1. The molecule has 100 valence electrons. The minimum Gasteiger partial charge on any atom is -0.330 e. The Morgan fingerprint density at radius 3 is 2.50 bits per heavy atom. The molecule has 1 amide bonds. The van der Waals surface area contributed by atoms with Crippen molar-refractivity contribution in [2.45, 2.75) is 19.8 Å². The first-order valence-electron chi connectivity index (χ1n) is 5.61. The Balaban J connectivity index is 2.76. The predicted octanol–water partition coefficient (Wildman–Crippen LogP) is 3.45. The molecule has 3 nitrogen and oxygen atoms in total. The Kier molecular flexibility index (Phi) is 5.85. The molecule has 1 rings (SSSR count). The van der Waals surface area contributed by atoms with Crippen molar-refractivity contribution in [3.05, 3.63) is 28.0 Å². The van der Waals surface area contributed by atoms with Crippen LogP contribution in [0, 0.1) is 11.7 Å². The zero-order chi connectivity index (χ0) is 13.7. The van der Waals surface area contributed by atoms with Crippen molar-refractivity contribution < 1.29 is 9.18 Å². The summed E-state index contributed by atoms with van der Waals surface area (Å²) in [6.45, 7) is 2.33. The van der Waals surface area contributed by atoms with Gasteiger partial charge in [0.15, 0.2) is 0 Å². The molecule has 0 bridgehead atoms. The first-order valence-corrected chi connectivity index (χ1v) is 6.36. The standard InChI is InChI=1S/C12H15Cl2FN2O/c1-7(3-2-4-16)12(18)17-11-9(13)5-8(15)6-10(11)14/h5-7H,2-4,16H2,1H3,(H,17,18). The van der Waals surface area contributed by atoms with Gasteiger partial charge in [0.25, 0.3) is 0 Å². The molecule has 1 aromatic carbocycles. The van der Waals surface area contributed by atoms with Gasteiger partial charge in [-0.25, -0.2) is 4.39 Å². The summed E-state index contributed by atoms with van der Waals surface area (Å²) in [6, 6.07) is 2.21. The number of anilines is 1. The van der Waals surface area contributed by atoms with Crippen LogP contribution in [0.15, 0.2) is 12.1 Å². The molecule has 6 heteroatoms. The summed E-state index contributed by atoms with van der Waals surface area (Å²) in [6.07, 6.45) is 1.44. The van der Waals surface area contributed by atoms with Gasteiger partial charge in [-0.2, -0.15) is 0 Å². The predicted molar refractivity (Wildman–Crippen MR) is 72.5 cm³/mol. The number of rotatable bonds is 5. The monoisotopic (exact) mass is 292 g/mol. The summed E-state index contributed by atoms with van der Waals surface area (Å²) in [7, 11) is 0. The summed E-state index contributed by atoms with van der Waals surface area (Å²) in [5.41, 5.74) is 5.62. The molecule has 3 N–H and O–H groups in total. The number of benzene rings is 1. The van der Waals surface area contributed by atoms with E-state index in [1.54, 1.807) is 6.92 Å². The van der Waals surface area contributed by atoms with Crippen molar-refractivity contribution in [1.29, 1.82) is 0 Å². The highest BCUT2D eigenvalue weighted by molar-refractivity contribution is 6.39. The molecule has 0 saturated heterocycles. The molecule has 1 atom stereocenters. The highest BCUT2D eigenvalue weighted by Gasteiger charge is 2.16. The molecular weight excluding hydrogens is 278 g/mol. The molecule has 0 heterocycles. The average Bonchev–Trinajstić information content (AvgIpc) is 2.30. The zero-order valence-corrected chi connectivity index (χ0v) is 11.5. The van der Waals surface area contributed by atoms with E-state index < -0.39 is 5.82 Å². The summed E-state index contributed by atoms with van der Waals surface area (Å²) < 4.78 is 13.0. The van der Waals surface area contributed by atoms with Gasteiger partial charge in [-0.15, -0.1) is 0 Å². The lowest BCUT2D eigenvalue weighted by molar-refractivity contribution is -0.119. The molecule has 0 aliphatic heterocycles. The van der Waals surface area contributed by atoms with Crippen LogP contribution in [-0.2, 0) is 4.79 Å². The lowest BCUT2D eigenvalue weighted by Gasteiger charge is -2.13. The Morgan fingerprint density at radius 1 is 1.44 bits per heavy atom. The molecule has 18 heavy (non-hydrogen) atoms. The van der Waals surface area contributed by atoms with E-state index in [1.807, 2.05) is 0 Å². The van der Waals surface area contributed by atoms with E-state index in [0.29, 0.717) is 13.0 Å². The maximum atomic E-state index is 13.0. The van der Waals surface area contributed by atoms with Crippen molar-refractivity contribution in [1.82, 2.24) is 0 Å². The van der Waals surface area contributed by atoms with Crippen LogP contribution in [0.4, 0.5) is 10.1 Å². The van der Waals surface area contributed by atoms with Crippen LogP contribution in [-0.4, -0.2) is 12.5 Å². The fourth-order valence-corrected chi connectivity index (χ4v) is 2.02. The second kappa shape index (κ2) is 6.92. The number of carbonyl (C=O) groups excluding carboxylic acids is 1. The number of nitrogens with two attached hydrogens (primary N) is 1. The normalized spacial score (nSPS) is 12.3. The number of hydrogen-bond donors (Lipinski definition) is 2. The number of carbonyl (C=O) groups is 1. The second-order valence-corrected chi connectivity index (χ2v) is 4.88. The lowest BCUT2D eigenvalue weighted by Crippen LogP contribution is -2.21. The van der Waals surface area contributed by atoms with Gasteiger partial charge in [0.1, 0.15) is 5.82 Å². The van der Waals surface area contributed by atoms with Crippen molar-refractivity contribution in [2.24, 2.45) is 11.7 Å². The Morgan fingerprint density at radius 2 is 2.00 bits per heavy atom. The van der Waals surface area contributed by atoms with E-state index in [-0.39, 0.29) is 27.6 Å². The van der Waals surface area contributed by atoms with Crippen molar-refractivity contribution >= 4 is 34.8 Å². The van der Waals surface area contributed by atoms with Gasteiger partial charge in [-0.3, -0.25) is 4.79 Å². The van der Waals surface area contributed by atoms with Crippen LogP contribution in [0.3, 0.4) is 0 Å². The van der Waals surface area contributed by atoms with Gasteiger partial charge in [0.2, 0.25) is 5.91 Å². The van der Waals surface area contributed by atoms with Gasteiger partial charge in [0.05, 0.1) is 15.7 Å². The Bertz CT molecular complexity index is 417. The maximum absolute atomic E-state index is 13.0. The van der Waals surface area contributed by atoms with Crippen molar-refractivity contribution in [2.75, 3.05) is 11.9 Å². The quantitative estimate of drug-likeness (QED) is 0.873. The molecule has 0 saturated carbocycles. The van der Waals surface area contributed by atoms with Crippen LogP contribution < -0.4 is 11.1 Å². The summed E-state index contributed by atoms with van der Waals surface area (Å²) in [4.78, 5) is 11.8. The fourth-order valence-electron chi connectivity index (χ4n) is 1.46. The Hall–Kier alpha value is -0.840. The number of hydrogen-bond acceptors (Lipinski definition) is 2. The van der Waals surface area contributed by atoms with Gasteiger partial charge in [0, 0.05) is 5.92 Å². The van der Waals surface area contributed by atoms with E-state index in [0.717, 1.165) is 18.6 Å². The molecular formula is C12H15Cl2FN2O. The largest absolute Gasteiger partial charge is 0.330 e. The van der Waals surface area contributed by atoms with E-state index in [9.17, 15) is 9.18 Å². The topological polar surface area (TPSA) is 55.1 Å². The third-order valence-electron chi connectivity index (χ3n) is 2.54. The van der Waals surface area contributed by atoms with E-state index in [2.05, 4.69) is 5.32 Å². The second-order valence-electron chi connectivity index (χ2n) is 4.07. The fraction of sp³-hybridized carbons (Fsp3) is 0.417. The molecule has 1 unspecified atom stereocenters. The summed E-state index contributed by atoms with van der Waals surface area (Å²) in [5.74, 6) is -0.955. The first-order chi connectivity index (χ1) is 8.45. The van der Waals surface area contributed by atoms with Crippen LogP contribution >= 0.6 is 23.2 Å². The van der Waals surface area contributed by atoms with Crippen molar-refractivity contribution in [3.63, 3.8) is 0 Å². The molecule has 1 aromatic rings. The highest BCUT2D eigenvalue weighted by Crippen LogP contribution is 2.31. The third kappa shape index (κ3) is 4.12. The molecule has 0 spiro atoms. The molecule has 0 aliphatic rings. The SMILES string of the molecule is CC(CCCN)C(=O)Nc1c(Cl)cc(F)cc1Cl. The highest BCUT2D eigenvalue weighted by atomic mass is 35.5. The summed E-state index contributed by atoms with van der Waals surface area (Å²) >= 11 is 11.7. The van der Waals surface area contributed by atoms with Gasteiger partial charge < -0.3 is 11.1 Å². The lowest BCUT2D eigenvalue weighted by atomic mass is 10.0. The average molecular weight is 293 g/mol. The van der Waals surface area contributed by atoms with Crippen LogP contribution in [0.25, 0.3) is 0 Å². The Labute approximate surface area is 115 Å². The third-order valence-corrected chi connectivity index (χ3v) is 3.14. The zero-order valence-electron chi connectivity index (χ0n) is 9.97. The van der Waals surface area contributed by atoms with Crippen LogP contribution in [0.1, 0.15) is 19.8 Å². The van der Waals surface area contributed by atoms with Crippen LogP contribution in [0.5, 0.6) is 0 Å². The van der Waals surface area contributed by atoms with E-state index >= 15 is 0 Å². The number of nitrogens with one attached hydrogen (secondary N) is 1. The van der Waals surface area contributed by atoms with Gasteiger partial charge in [-0.1, -0.05) is 30.1 Å². The molecule has 0 aliphatic carbocycles. The molecule has 0 aromatic heterocycles. The minimum absolute atomic E-state index is 0.0828. The maximum Gasteiger partial charge on any atom is 0.227 e. The molecule has 0 radical (unpaired) electrons. The first kappa shape index (κ1) is 15.2. The van der Waals surface area contributed by atoms with Gasteiger partial charge >= 0.3 is 0 Å². The van der Waals surface area contributed by atoms with E-state index in [1.165, 1.54) is 0 Å².